The summed E-state index contributed by atoms with van der Waals surface area (Å²) in [4.78, 5) is 31.4. The molecular formula is C22H20ClN3O2. The standard InChI is InChI=1S/C22H20ClN3O2/c23-16-9-7-14(8-10-16)20-12-18(17-5-1-2-6-19(17)25-20)22(28)26-11-3-4-15(13-26)21(24)27/h1-2,5-10,12,15H,3-4,11,13H2,(H2,24,27). The second-order valence-electron chi connectivity index (χ2n) is 7.07. The van der Waals surface area contributed by atoms with Crippen LogP contribution in [-0.2, 0) is 4.79 Å². The van der Waals surface area contributed by atoms with E-state index >= 15 is 0 Å². The van der Waals surface area contributed by atoms with Gasteiger partial charge in [0.05, 0.1) is 22.7 Å². The van der Waals surface area contributed by atoms with Crippen LogP contribution in [0.25, 0.3) is 22.2 Å². The van der Waals surface area contributed by atoms with Crippen LogP contribution in [-0.4, -0.2) is 34.8 Å². The summed E-state index contributed by atoms with van der Waals surface area (Å²) in [5.74, 6) is -0.736. The average molecular weight is 394 g/mol. The van der Waals surface area contributed by atoms with Crippen molar-refractivity contribution < 1.29 is 9.59 Å². The maximum Gasteiger partial charge on any atom is 0.254 e. The van der Waals surface area contributed by atoms with E-state index in [0.29, 0.717) is 29.4 Å². The molecule has 0 aliphatic carbocycles. The normalized spacial score (nSPS) is 16.9. The molecule has 2 amide bonds. The first kappa shape index (κ1) is 18.4. The lowest BCUT2D eigenvalue weighted by Gasteiger charge is -2.31. The van der Waals surface area contributed by atoms with Crippen molar-refractivity contribution in [2.75, 3.05) is 13.1 Å². The van der Waals surface area contributed by atoms with E-state index in [9.17, 15) is 9.59 Å². The van der Waals surface area contributed by atoms with Gasteiger partial charge >= 0.3 is 0 Å². The minimum atomic E-state index is -0.348. The van der Waals surface area contributed by atoms with E-state index in [-0.39, 0.29) is 17.7 Å². The Labute approximate surface area is 168 Å². The number of hydrogen-bond acceptors (Lipinski definition) is 3. The van der Waals surface area contributed by atoms with Gasteiger partial charge in [0.25, 0.3) is 5.91 Å². The summed E-state index contributed by atoms with van der Waals surface area (Å²) in [6.07, 6.45) is 1.50. The van der Waals surface area contributed by atoms with Gasteiger partial charge in [-0.1, -0.05) is 41.9 Å². The van der Waals surface area contributed by atoms with Crippen molar-refractivity contribution in [1.29, 1.82) is 0 Å². The first-order valence-electron chi connectivity index (χ1n) is 9.27. The molecule has 1 aromatic heterocycles. The number of para-hydroxylation sites is 1. The third-order valence-corrected chi connectivity index (χ3v) is 5.45. The Morgan fingerprint density at radius 2 is 1.86 bits per heavy atom. The van der Waals surface area contributed by atoms with Crippen LogP contribution in [0.5, 0.6) is 0 Å². The van der Waals surface area contributed by atoms with Gasteiger partial charge in [0, 0.05) is 29.1 Å². The lowest BCUT2D eigenvalue weighted by atomic mass is 9.96. The first-order valence-corrected chi connectivity index (χ1v) is 9.65. The quantitative estimate of drug-likeness (QED) is 0.733. The highest BCUT2D eigenvalue weighted by Gasteiger charge is 2.28. The van der Waals surface area contributed by atoms with Crippen LogP contribution >= 0.6 is 11.6 Å². The molecule has 1 aliphatic heterocycles. The fourth-order valence-corrected chi connectivity index (χ4v) is 3.81. The summed E-state index contributed by atoms with van der Waals surface area (Å²) in [6, 6.07) is 16.8. The molecule has 0 radical (unpaired) electrons. The third kappa shape index (κ3) is 3.58. The second kappa shape index (κ2) is 7.60. The summed E-state index contributed by atoms with van der Waals surface area (Å²) >= 11 is 6.00. The highest BCUT2D eigenvalue weighted by atomic mass is 35.5. The van der Waals surface area contributed by atoms with E-state index in [0.717, 1.165) is 29.3 Å². The minimum absolute atomic E-state index is 0.0974. The van der Waals surface area contributed by atoms with Crippen molar-refractivity contribution in [3.05, 3.63) is 65.2 Å². The lowest BCUT2D eigenvalue weighted by Crippen LogP contribution is -2.44. The second-order valence-corrected chi connectivity index (χ2v) is 7.51. The number of hydrogen-bond donors (Lipinski definition) is 1. The number of likely N-dealkylation sites (tertiary alicyclic amines) is 1. The average Bonchev–Trinajstić information content (AvgIpc) is 2.73. The fourth-order valence-electron chi connectivity index (χ4n) is 3.69. The molecule has 0 saturated carbocycles. The van der Waals surface area contributed by atoms with Crippen LogP contribution in [0, 0.1) is 5.92 Å². The molecular weight excluding hydrogens is 374 g/mol. The predicted octanol–water partition coefficient (Wildman–Crippen LogP) is 3.89. The van der Waals surface area contributed by atoms with Crippen LogP contribution < -0.4 is 5.73 Å². The van der Waals surface area contributed by atoms with Gasteiger partial charge in [-0.05, 0) is 37.1 Å². The number of fused-ring (bicyclic) bond motifs is 1. The Hall–Kier alpha value is -2.92. The van der Waals surface area contributed by atoms with Crippen LogP contribution in [0.3, 0.4) is 0 Å². The molecule has 142 valence electrons. The molecule has 1 aliphatic rings. The number of benzene rings is 2. The van der Waals surface area contributed by atoms with Crippen LogP contribution in [0.15, 0.2) is 54.6 Å². The zero-order valence-corrected chi connectivity index (χ0v) is 16.0. The number of carbonyl (C=O) groups is 2. The zero-order valence-electron chi connectivity index (χ0n) is 15.3. The number of rotatable bonds is 3. The molecule has 1 saturated heterocycles. The van der Waals surface area contributed by atoms with E-state index in [2.05, 4.69) is 0 Å². The highest BCUT2D eigenvalue weighted by Crippen LogP contribution is 2.28. The van der Waals surface area contributed by atoms with Crippen molar-refractivity contribution in [3.63, 3.8) is 0 Å². The fraction of sp³-hybridized carbons (Fsp3) is 0.227. The van der Waals surface area contributed by atoms with Crippen LogP contribution in [0.2, 0.25) is 5.02 Å². The van der Waals surface area contributed by atoms with E-state index in [1.807, 2.05) is 42.5 Å². The Kier molecular flexibility index (Phi) is 5.01. The lowest BCUT2D eigenvalue weighted by molar-refractivity contribution is -0.123. The Balaban J connectivity index is 1.77. The van der Waals surface area contributed by atoms with Gasteiger partial charge in [0.2, 0.25) is 5.91 Å². The Bertz CT molecular complexity index is 1050. The molecule has 4 rings (SSSR count). The smallest absolute Gasteiger partial charge is 0.254 e. The number of pyridine rings is 1. The minimum Gasteiger partial charge on any atom is -0.369 e. The number of nitrogens with zero attached hydrogens (tertiary/aromatic N) is 2. The molecule has 2 aromatic carbocycles. The molecule has 3 aromatic rings. The van der Waals surface area contributed by atoms with Gasteiger partial charge in [0.1, 0.15) is 0 Å². The van der Waals surface area contributed by atoms with Crippen molar-refractivity contribution in [3.8, 4) is 11.3 Å². The summed E-state index contributed by atoms with van der Waals surface area (Å²) in [5, 5.41) is 1.44. The number of nitrogens with two attached hydrogens (primary N) is 1. The van der Waals surface area contributed by atoms with Gasteiger partial charge in [0.15, 0.2) is 0 Å². The van der Waals surface area contributed by atoms with Gasteiger partial charge in [-0.2, -0.15) is 0 Å². The SMILES string of the molecule is NC(=O)C1CCCN(C(=O)c2cc(-c3ccc(Cl)cc3)nc3ccccc23)C1. The largest absolute Gasteiger partial charge is 0.369 e. The Morgan fingerprint density at radius 1 is 1.11 bits per heavy atom. The number of aromatic nitrogens is 1. The van der Waals surface area contributed by atoms with Gasteiger partial charge in [-0.15, -0.1) is 0 Å². The molecule has 28 heavy (non-hydrogen) atoms. The molecule has 1 atom stereocenters. The zero-order chi connectivity index (χ0) is 19.7. The van der Waals surface area contributed by atoms with Crippen molar-refractivity contribution >= 4 is 34.3 Å². The van der Waals surface area contributed by atoms with Crippen molar-refractivity contribution in [1.82, 2.24) is 9.88 Å². The summed E-state index contributed by atoms with van der Waals surface area (Å²) in [7, 11) is 0. The molecule has 2 heterocycles. The molecule has 2 N–H and O–H groups in total. The summed E-state index contributed by atoms with van der Waals surface area (Å²) in [6.45, 7) is 0.983. The molecule has 1 unspecified atom stereocenters. The van der Waals surface area contributed by atoms with Crippen molar-refractivity contribution in [2.45, 2.75) is 12.8 Å². The molecule has 0 bridgehead atoms. The summed E-state index contributed by atoms with van der Waals surface area (Å²) in [5.41, 5.74) is 8.41. The molecule has 1 fully saturated rings. The van der Waals surface area contributed by atoms with Gasteiger partial charge in [-0.25, -0.2) is 4.98 Å². The maximum absolute atomic E-state index is 13.3. The van der Waals surface area contributed by atoms with E-state index < -0.39 is 0 Å². The van der Waals surface area contributed by atoms with E-state index in [4.69, 9.17) is 22.3 Å². The predicted molar refractivity (Wildman–Crippen MR) is 110 cm³/mol. The van der Waals surface area contributed by atoms with Crippen LogP contribution in [0.1, 0.15) is 23.2 Å². The van der Waals surface area contributed by atoms with Crippen LogP contribution in [0.4, 0.5) is 0 Å². The number of carbonyl (C=O) groups excluding carboxylic acids is 2. The number of piperidine rings is 1. The number of halogens is 1. The van der Waals surface area contributed by atoms with Crippen molar-refractivity contribution in [2.24, 2.45) is 11.7 Å². The third-order valence-electron chi connectivity index (χ3n) is 5.20. The highest BCUT2D eigenvalue weighted by molar-refractivity contribution is 6.30. The molecule has 5 nitrogen and oxygen atoms in total. The van der Waals surface area contributed by atoms with Gasteiger partial charge < -0.3 is 10.6 Å². The topological polar surface area (TPSA) is 76.3 Å². The summed E-state index contributed by atoms with van der Waals surface area (Å²) < 4.78 is 0. The Morgan fingerprint density at radius 3 is 2.61 bits per heavy atom. The number of primary amides is 1. The van der Waals surface area contributed by atoms with Gasteiger partial charge in [-0.3, -0.25) is 9.59 Å². The number of amides is 2. The maximum atomic E-state index is 13.3. The molecule has 0 spiro atoms. The monoisotopic (exact) mass is 393 g/mol. The van der Waals surface area contributed by atoms with E-state index in [1.165, 1.54) is 0 Å². The molecule has 6 heteroatoms. The first-order chi connectivity index (χ1) is 13.5. The van der Waals surface area contributed by atoms with E-state index in [1.54, 1.807) is 17.0 Å².